The Morgan fingerprint density at radius 3 is 2.54 bits per heavy atom. The highest BCUT2D eigenvalue weighted by molar-refractivity contribution is 7.83. The molecule has 0 fully saturated rings. The molecule has 13 heavy (non-hydrogen) atoms. The zero-order valence-electron chi connectivity index (χ0n) is 7.65. The van der Waals surface area contributed by atoms with Crippen LogP contribution < -0.4 is 0 Å². The molecule has 0 aliphatic heterocycles. The minimum absolute atomic E-state index is 0.611. The van der Waals surface area contributed by atoms with Crippen LogP contribution in [0.2, 0.25) is 0 Å². The first-order valence-electron chi connectivity index (χ1n) is 3.83. The lowest BCUT2D eigenvalue weighted by molar-refractivity contribution is 0.690. The van der Waals surface area contributed by atoms with Gasteiger partial charge in [-0.05, 0) is 12.1 Å². The van der Waals surface area contributed by atoms with E-state index in [1.165, 1.54) is 0 Å². The zero-order valence-corrected chi connectivity index (χ0v) is 8.47. The Balaban J connectivity index is 0.000000184. The maximum Gasteiger partial charge on any atom is 0.0931 e. The van der Waals surface area contributed by atoms with Crippen molar-refractivity contribution in [1.29, 1.82) is 0 Å². The fourth-order valence-corrected chi connectivity index (χ4v) is 0.880. The molecule has 0 unspecified atom stereocenters. The van der Waals surface area contributed by atoms with Crippen LogP contribution in [0.1, 0.15) is 0 Å². The minimum Gasteiger partial charge on any atom is -0.345 e. The van der Waals surface area contributed by atoms with Crippen LogP contribution in [0.15, 0.2) is 30.6 Å². The summed E-state index contributed by atoms with van der Waals surface area (Å²) in [4.78, 5) is 7.07. The van der Waals surface area contributed by atoms with Gasteiger partial charge in [-0.3, -0.25) is 4.21 Å². The van der Waals surface area contributed by atoms with Gasteiger partial charge < -0.3 is 4.98 Å². The molecule has 1 N–H and O–H groups in total. The summed E-state index contributed by atoms with van der Waals surface area (Å²) < 4.78 is 9.56. The molecule has 0 aliphatic rings. The van der Waals surface area contributed by atoms with Crippen molar-refractivity contribution in [1.82, 2.24) is 9.97 Å². The van der Waals surface area contributed by atoms with Crippen molar-refractivity contribution in [3.05, 3.63) is 30.6 Å². The number of benzene rings is 1. The number of imidazole rings is 1. The van der Waals surface area contributed by atoms with Gasteiger partial charge in [0.25, 0.3) is 0 Å². The van der Waals surface area contributed by atoms with E-state index in [1.807, 2.05) is 24.3 Å². The smallest absolute Gasteiger partial charge is 0.0931 e. The summed E-state index contributed by atoms with van der Waals surface area (Å²) in [5.41, 5.74) is 2.12. The summed E-state index contributed by atoms with van der Waals surface area (Å²) in [5.74, 6) is 0. The second kappa shape index (κ2) is 4.77. The number of H-pyrrole nitrogens is 1. The highest BCUT2D eigenvalue weighted by Crippen LogP contribution is 2.05. The van der Waals surface area contributed by atoms with E-state index in [1.54, 1.807) is 18.8 Å². The topological polar surface area (TPSA) is 45.8 Å². The maximum atomic E-state index is 9.56. The third-order valence-corrected chi connectivity index (χ3v) is 1.33. The molecule has 0 aliphatic carbocycles. The fraction of sp³-hybridized carbons (Fsp3) is 0.222. The summed E-state index contributed by atoms with van der Waals surface area (Å²) in [6.45, 7) is 0. The molecule has 0 radical (unpaired) electrons. The summed E-state index contributed by atoms with van der Waals surface area (Å²) in [5, 5.41) is 0. The van der Waals surface area contributed by atoms with Gasteiger partial charge in [0, 0.05) is 23.3 Å². The Morgan fingerprint density at radius 2 is 1.92 bits per heavy atom. The van der Waals surface area contributed by atoms with Crippen molar-refractivity contribution in [2.24, 2.45) is 0 Å². The van der Waals surface area contributed by atoms with Crippen LogP contribution in [-0.4, -0.2) is 26.7 Å². The van der Waals surface area contributed by atoms with Crippen molar-refractivity contribution in [2.75, 3.05) is 12.5 Å². The zero-order chi connectivity index (χ0) is 9.68. The molecule has 2 aromatic rings. The van der Waals surface area contributed by atoms with E-state index in [0.717, 1.165) is 11.0 Å². The Bertz CT molecular complexity index is 363. The maximum absolute atomic E-state index is 9.56. The summed E-state index contributed by atoms with van der Waals surface area (Å²) in [6, 6.07) is 7.94. The number of fused-ring (bicyclic) bond motifs is 1. The van der Waals surface area contributed by atoms with E-state index in [9.17, 15) is 4.21 Å². The molecule has 0 spiro atoms. The first kappa shape index (κ1) is 9.92. The van der Waals surface area contributed by atoms with E-state index in [4.69, 9.17) is 0 Å². The van der Waals surface area contributed by atoms with Crippen LogP contribution in [0.4, 0.5) is 0 Å². The van der Waals surface area contributed by atoms with Gasteiger partial charge in [-0.15, -0.1) is 0 Å². The van der Waals surface area contributed by atoms with Crippen LogP contribution >= 0.6 is 0 Å². The second-order valence-corrected chi connectivity index (χ2v) is 4.14. The predicted molar refractivity (Wildman–Crippen MR) is 56.1 cm³/mol. The van der Waals surface area contributed by atoms with E-state index < -0.39 is 10.8 Å². The van der Waals surface area contributed by atoms with Crippen molar-refractivity contribution in [2.45, 2.75) is 0 Å². The third-order valence-electron chi connectivity index (χ3n) is 1.33. The van der Waals surface area contributed by atoms with Gasteiger partial charge in [0.1, 0.15) is 0 Å². The van der Waals surface area contributed by atoms with E-state index in [2.05, 4.69) is 9.97 Å². The van der Waals surface area contributed by atoms with Crippen LogP contribution in [0.25, 0.3) is 11.0 Å². The van der Waals surface area contributed by atoms with Gasteiger partial charge in [0.05, 0.1) is 17.4 Å². The number of aromatic nitrogens is 2. The van der Waals surface area contributed by atoms with E-state index in [0.29, 0.717) is 0 Å². The van der Waals surface area contributed by atoms with E-state index in [-0.39, 0.29) is 0 Å². The summed E-state index contributed by atoms with van der Waals surface area (Å²) >= 11 is 0. The van der Waals surface area contributed by atoms with Gasteiger partial charge in [-0.2, -0.15) is 0 Å². The summed E-state index contributed by atoms with van der Waals surface area (Å²) in [6.07, 6.45) is 4.98. The lowest BCUT2D eigenvalue weighted by Crippen LogP contribution is -1.70. The largest absolute Gasteiger partial charge is 0.345 e. The molecule has 1 aromatic heterocycles. The number of nitrogens with one attached hydrogen (secondary N) is 1. The Morgan fingerprint density at radius 1 is 1.31 bits per heavy atom. The molecule has 0 atom stereocenters. The van der Waals surface area contributed by atoms with Gasteiger partial charge in [-0.25, -0.2) is 4.98 Å². The first-order chi connectivity index (χ1) is 6.20. The number of rotatable bonds is 0. The minimum atomic E-state index is -0.611. The molecule has 70 valence electrons. The van der Waals surface area contributed by atoms with Crippen molar-refractivity contribution < 1.29 is 4.21 Å². The third kappa shape index (κ3) is 3.38. The van der Waals surface area contributed by atoms with Gasteiger partial charge in [0.2, 0.25) is 0 Å². The quantitative estimate of drug-likeness (QED) is 0.695. The number of nitrogens with zero attached hydrogens (tertiary/aromatic N) is 1. The average Bonchev–Trinajstić information content (AvgIpc) is 2.49. The monoisotopic (exact) mass is 196 g/mol. The molecule has 1 heterocycles. The standard InChI is InChI=1S/C7H6N2.C2H6OS/c1-2-4-7-6(3-1)8-5-9-7;1-4(2)3/h1-5H,(H,8,9);1-2H3. The van der Waals surface area contributed by atoms with Crippen molar-refractivity contribution in [3.8, 4) is 0 Å². The van der Waals surface area contributed by atoms with Gasteiger partial charge >= 0.3 is 0 Å². The second-order valence-electron chi connectivity index (χ2n) is 2.66. The molecule has 1 aromatic carbocycles. The van der Waals surface area contributed by atoms with Crippen molar-refractivity contribution >= 4 is 21.8 Å². The Labute approximate surface area is 79.7 Å². The summed E-state index contributed by atoms with van der Waals surface area (Å²) in [7, 11) is -0.611. The lowest BCUT2D eigenvalue weighted by Gasteiger charge is -1.81. The lowest BCUT2D eigenvalue weighted by atomic mass is 10.3. The average molecular weight is 196 g/mol. The molecule has 0 saturated heterocycles. The molecule has 0 amide bonds. The van der Waals surface area contributed by atoms with Gasteiger partial charge in [0.15, 0.2) is 0 Å². The molecular weight excluding hydrogens is 184 g/mol. The van der Waals surface area contributed by atoms with Crippen LogP contribution in [0, 0.1) is 0 Å². The molecule has 4 heteroatoms. The SMILES string of the molecule is CS(C)=O.c1ccc2[nH]cnc2c1. The molecule has 0 bridgehead atoms. The van der Waals surface area contributed by atoms with Crippen LogP contribution in [-0.2, 0) is 10.8 Å². The number of para-hydroxylation sites is 2. The number of hydrogen-bond donors (Lipinski definition) is 1. The number of hydrogen-bond acceptors (Lipinski definition) is 2. The number of aromatic amines is 1. The highest BCUT2D eigenvalue weighted by Gasteiger charge is 1.88. The highest BCUT2D eigenvalue weighted by atomic mass is 32.2. The van der Waals surface area contributed by atoms with Gasteiger partial charge in [-0.1, -0.05) is 12.1 Å². The Kier molecular flexibility index (Phi) is 3.64. The van der Waals surface area contributed by atoms with E-state index >= 15 is 0 Å². The molecular formula is C9H12N2OS. The normalized spacial score (nSPS) is 9.77. The van der Waals surface area contributed by atoms with Crippen molar-refractivity contribution in [3.63, 3.8) is 0 Å². The predicted octanol–water partition coefficient (Wildman–Crippen LogP) is 1.56. The molecule has 2 rings (SSSR count). The Hall–Kier alpha value is -1.16. The first-order valence-corrected chi connectivity index (χ1v) is 5.80. The molecule has 0 saturated carbocycles. The van der Waals surface area contributed by atoms with Crippen LogP contribution in [0.3, 0.4) is 0 Å². The molecule has 3 nitrogen and oxygen atoms in total. The van der Waals surface area contributed by atoms with Crippen LogP contribution in [0.5, 0.6) is 0 Å². The fourth-order valence-electron chi connectivity index (χ4n) is 0.880.